The van der Waals surface area contributed by atoms with E-state index < -0.39 is 18.6 Å². The van der Waals surface area contributed by atoms with Gasteiger partial charge in [-0.3, -0.25) is 0 Å². The van der Waals surface area contributed by atoms with Gasteiger partial charge in [-0.15, -0.1) is 11.3 Å². The van der Waals surface area contributed by atoms with Gasteiger partial charge >= 0.3 is 6.18 Å². The Morgan fingerprint density at radius 2 is 2.13 bits per heavy atom. The van der Waals surface area contributed by atoms with Crippen LogP contribution in [0.15, 0.2) is 11.4 Å². The van der Waals surface area contributed by atoms with Crippen LogP contribution in [-0.2, 0) is 6.54 Å². The Kier molecular flexibility index (Phi) is 4.16. The van der Waals surface area contributed by atoms with Crippen molar-refractivity contribution in [1.82, 2.24) is 5.32 Å². The number of nitrogens with one attached hydrogen (secondary N) is 1. The zero-order chi connectivity index (χ0) is 11.5. The van der Waals surface area contributed by atoms with Crippen LogP contribution >= 0.6 is 11.3 Å². The monoisotopic (exact) mass is 237 g/mol. The molecule has 1 atom stereocenters. The first-order valence-electron chi connectivity index (χ1n) is 4.71. The molecule has 0 spiro atoms. The normalized spacial score (nSPS) is 14.2. The molecule has 5 heteroatoms. The second-order valence-electron chi connectivity index (χ2n) is 3.63. The van der Waals surface area contributed by atoms with E-state index in [9.17, 15) is 13.2 Å². The summed E-state index contributed by atoms with van der Waals surface area (Å²) >= 11 is 1.57. The summed E-state index contributed by atoms with van der Waals surface area (Å²) in [5, 5.41) is 4.82. The molecule has 0 aliphatic rings. The second kappa shape index (κ2) is 4.99. The number of hydrogen-bond donors (Lipinski definition) is 1. The van der Waals surface area contributed by atoms with Gasteiger partial charge in [-0.05, 0) is 30.9 Å². The predicted molar refractivity (Wildman–Crippen MR) is 56.0 cm³/mol. The van der Waals surface area contributed by atoms with Gasteiger partial charge in [0.1, 0.15) is 0 Å². The van der Waals surface area contributed by atoms with E-state index in [1.165, 1.54) is 0 Å². The minimum atomic E-state index is -4.09. The minimum Gasteiger partial charge on any atom is -0.309 e. The Morgan fingerprint density at radius 1 is 1.47 bits per heavy atom. The lowest BCUT2D eigenvalue weighted by molar-refractivity contribution is -0.139. The summed E-state index contributed by atoms with van der Waals surface area (Å²) in [5.74, 6) is 0. The van der Waals surface area contributed by atoms with Gasteiger partial charge < -0.3 is 5.32 Å². The average Bonchev–Trinajstić information content (AvgIpc) is 2.44. The molecule has 1 aromatic heterocycles. The molecule has 0 radical (unpaired) electrons. The molecule has 0 fully saturated rings. The third-order valence-corrected chi connectivity index (χ3v) is 3.14. The molecule has 0 aliphatic heterocycles. The van der Waals surface area contributed by atoms with Crippen LogP contribution in [0, 0.1) is 6.92 Å². The number of hydrogen-bond acceptors (Lipinski definition) is 2. The summed E-state index contributed by atoms with van der Waals surface area (Å²) < 4.78 is 36.0. The lowest BCUT2D eigenvalue weighted by Crippen LogP contribution is -2.30. The van der Waals surface area contributed by atoms with Gasteiger partial charge in [0.2, 0.25) is 0 Å². The molecule has 1 rings (SSSR count). The van der Waals surface area contributed by atoms with E-state index >= 15 is 0 Å². The van der Waals surface area contributed by atoms with Crippen molar-refractivity contribution in [2.75, 3.05) is 0 Å². The van der Waals surface area contributed by atoms with Crippen molar-refractivity contribution in [3.8, 4) is 0 Å². The van der Waals surface area contributed by atoms with E-state index in [1.807, 2.05) is 18.4 Å². The summed E-state index contributed by atoms with van der Waals surface area (Å²) in [4.78, 5) is 1.10. The maximum atomic E-state index is 12.0. The van der Waals surface area contributed by atoms with E-state index in [1.54, 1.807) is 18.3 Å². The predicted octanol–water partition coefficient (Wildman–Crippen LogP) is 3.49. The smallest absolute Gasteiger partial charge is 0.309 e. The molecule has 0 saturated carbocycles. The van der Waals surface area contributed by atoms with Crippen LogP contribution in [0.4, 0.5) is 13.2 Å². The molecule has 86 valence electrons. The quantitative estimate of drug-likeness (QED) is 0.845. The van der Waals surface area contributed by atoms with Crippen molar-refractivity contribution in [3.05, 3.63) is 21.9 Å². The lowest BCUT2D eigenvalue weighted by Gasteiger charge is -2.15. The van der Waals surface area contributed by atoms with Crippen LogP contribution in [0.3, 0.4) is 0 Å². The molecule has 1 heterocycles. The number of rotatable bonds is 4. The summed E-state index contributed by atoms with van der Waals surface area (Å²) in [6, 6.07) is 1.43. The Morgan fingerprint density at radius 3 is 2.60 bits per heavy atom. The zero-order valence-electron chi connectivity index (χ0n) is 8.69. The highest BCUT2D eigenvalue weighted by Gasteiger charge is 2.29. The number of thiophene rings is 1. The Hall–Kier alpha value is -0.550. The molecule has 0 aromatic carbocycles. The van der Waals surface area contributed by atoms with Crippen LogP contribution in [0.1, 0.15) is 23.8 Å². The first-order valence-corrected chi connectivity index (χ1v) is 5.59. The Labute approximate surface area is 91.3 Å². The van der Waals surface area contributed by atoms with Gasteiger partial charge in [-0.25, -0.2) is 0 Å². The van der Waals surface area contributed by atoms with Crippen LogP contribution in [0.5, 0.6) is 0 Å². The van der Waals surface area contributed by atoms with Crippen molar-refractivity contribution < 1.29 is 13.2 Å². The fourth-order valence-electron chi connectivity index (χ4n) is 1.27. The van der Waals surface area contributed by atoms with E-state index in [0.29, 0.717) is 6.54 Å². The molecule has 0 saturated heterocycles. The fourth-order valence-corrected chi connectivity index (χ4v) is 2.13. The number of alkyl halides is 3. The van der Waals surface area contributed by atoms with Crippen LogP contribution < -0.4 is 5.32 Å². The zero-order valence-corrected chi connectivity index (χ0v) is 9.50. The third-order valence-electron chi connectivity index (χ3n) is 2.12. The van der Waals surface area contributed by atoms with Gasteiger partial charge in [0.25, 0.3) is 0 Å². The molecule has 1 unspecified atom stereocenters. The molecule has 0 amide bonds. The van der Waals surface area contributed by atoms with Crippen molar-refractivity contribution in [1.29, 1.82) is 0 Å². The van der Waals surface area contributed by atoms with Gasteiger partial charge in [-0.1, -0.05) is 0 Å². The molecule has 1 aromatic rings. The summed E-state index contributed by atoms with van der Waals surface area (Å²) in [7, 11) is 0. The molecule has 0 aliphatic carbocycles. The second-order valence-corrected chi connectivity index (χ2v) is 4.63. The Balaban J connectivity index is 2.35. The van der Waals surface area contributed by atoms with Gasteiger partial charge in [-0.2, -0.15) is 13.2 Å². The molecular weight excluding hydrogens is 223 g/mol. The maximum Gasteiger partial charge on any atom is 0.390 e. The van der Waals surface area contributed by atoms with Crippen molar-refractivity contribution in [2.24, 2.45) is 0 Å². The van der Waals surface area contributed by atoms with Gasteiger partial charge in [0, 0.05) is 17.5 Å². The van der Waals surface area contributed by atoms with Crippen molar-refractivity contribution in [3.63, 3.8) is 0 Å². The summed E-state index contributed by atoms with van der Waals surface area (Å²) in [5.41, 5.74) is 1.13. The molecule has 1 N–H and O–H groups in total. The van der Waals surface area contributed by atoms with Gasteiger partial charge in [0.05, 0.1) is 6.42 Å². The Bertz CT molecular complexity index is 306. The van der Waals surface area contributed by atoms with Crippen molar-refractivity contribution >= 4 is 11.3 Å². The topological polar surface area (TPSA) is 12.0 Å². The summed E-state index contributed by atoms with van der Waals surface area (Å²) in [6.07, 6.45) is -4.87. The van der Waals surface area contributed by atoms with E-state index in [4.69, 9.17) is 0 Å². The summed E-state index contributed by atoms with van der Waals surface area (Å²) in [6.45, 7) is 4.03. The SMILES string of the molecule is Cc1ccsc1CNC(C)CC(F)(F)F. The molecule has 0 bridgehead atoms. The fraction of sp³-hybridized carbons (Fsp3) is 0.600. The van der Waals surface area contributed by atoms with E-state index in [-0.39, 0.29) is 0 Å². The largest absolute Gasteiger partial charge is 0.390 e. The number of aryl methyl sites for hydroxylation is 1. The standard InChI is InChI=1S/C10H14F3NS/c1-7-3-4-15-9(7)6-14-8(2)5-10(11,12)13/h3-4,8,14H,5-6H2,1-2H3. The first kappa shape index (κ1) is 12.5. The van der Waals surface area contributed by atoms with Crippen LogP contribution in [0.2, 0.25) is 0 Å². The van der Waals surface area contributed by atoms with Gasteiger partial charge in [0.15, 0.2) is 0 Å². The highest BCUT2D eigenvalue weighted by atomic mass is 32.1. The van der Waals surface area contributed by atoms with E-state index in [0.717, 1.165) is 10.4 Å². The molecule has 15 heavy (non-hydrogen) atoms. The van der Waals surface area contributed by atoms with Crippen LogP contribution in [0.25, 0.3) is 0 Å². The maximum absolute atomic E-state index is 12.0. The minimum absolute atomic E-state index is 0.515. The van der Waals surface area contributed by atoms with Crippen molar-refractivity contribution in [2.45, 2.75) is 39.0 Å². The lowest BCUT2D eigenvalue weighted by atomic mass is 10.2. The average molecular weight is 237 g/mol. The highest BCUT2D eigenvalue weighted by Crippen LogP contribution is 2.22. The first-order chi connectivity index (χ1) is 6.88. The van der Waals surface area contributed by atoms with E-state index in [2.05, 4.69) is 5.32 Å². The third kappa shape index (κ3) is 4.66. The number of halogens is 3. The molecular formula is C10H14F3NS. The molecule has 1 nitrogen and oxygen atoms in total. The van der Waals surface area contributed by atoms with Crippen LogP contribution in [-0.4, -0.2) is 12.2 Å². The highest BCUT2D eigenvalue weighted by molar-refractivity contribution is 7.10.